The van der Waals surface area contributed by atoms with Gasteiger partial charge in [0, 0.05) is 58.9 Å². The van der Waals surface area contributed by atoms with Gasteiger partial charge >= 0.3 is 11.9 Å². The maximum atomic E-state index is 12.5. The fourth-order valence-corrected chi connectivity index (χ4v) is 6.78. The predicted octanol–water partition coefficient (Wildman–Crippen LogP) is 3.07. The number of amides is 1. The van der Waals surface area contributed by atoms with E-state index in [0.29, 0.717) is 37.0 Å². The second-order valence-electron chi connectivity index (χ2n) is 11.8. The Balaban J connectivity index is 1.82. The van der Waals surface area contributed by atoms with Crippen LogP contribution in [0.2, 0.25) is 0 Å². The Morgan fingerprint density at radius 1 is 0.909 bits per heavy atom. The average Bonchev–Trinajstić information content (AvgIpc) is 3.60. The largest absolute Gasteiger partial charge is 0.495 e. The molecular weight excluding hydrogens is 580 g/mol. The first-order valence-corrected chi connectivity index (χ1v) is 15.8. The number of aliphatic hydroxyl groups is 1. The van der Waals surface area contributed by atoms with Crippen LogP contribution in [0, 0.1) is 19.8 Å². The molecule has 1 unspecified atom stereocenters. The molecule has 1 amide bonds. The van der Waals surface area contributed by atoms with E-state index in [4.69, 9.17) is 0 Å². The first kappa shape index (κ1) is 33.0. The summed E-state index contributed by atoms with van der Waals surface area (Å²) in [5.41, 5.74) is 8.01. The SMILES string of the molecule is CCC1=C(O)N[C@H](Cc2[nH]c(/C=c3\[nH]/c(=C\[C@@H]4NC(=O)C(C)=C4CCS)c(C)c3CCC(=O)O)c(CCC(=O)O)c2C)C1C. The third-order valence-electron chi connectivity index (χ3n) is 9.22. The summed E-state index contributed by atoms with van der Waals surface area (Å²) in [5, 5.41) is 37.1. The lowest BCUT2D eigenvalue weighted by molar-refractivity contribution is -0.138. The number of rotatable bonds is 13. The van der Waals surface area contributed by atoms with Crippen molar-refractivity contribution in [1.29, 1.82) is 0 Å². The molecule has 4 rings (SSSR count). The van der Waals surface area contributed by atoms with Gasteiger partial charge in [0.2, 0.25) is 5.91 Å². The minimum absolute atomic E-state index is 0.00730. The number of aliphatic hydroxyl groups excluding tert-OH is 1. The van der Waals surface area contributed by atoms with Crippen molar-refractivity contribution in [3.63, 3.8) is 0 Å². The molecular formula is C33H44N4O6S. The molecule has 0 saturated heterocycles. The van der Waals surface area contributed by atoms with Gasteiger partial charge in [-0.1, -0.05) is 13.8 Å². The molecule has 44 heavy (non-hydrogen) atoms. The molecule has 2 aromatic heterocycles. The van der Waals surface area contributed by atoms with Gasteiger partial charge in [-0.3, -0.25) is 14.4 Å². The second kappa shape index (κ2) is 13.8. The quantitative estimate of drug-likeness (QED) is 0.159. The van der Waals surface area contributed by atoms with Crippen molar-refractivity contribution in [3.05, 3.63) is 66.9 Å². The van der Waals surface area contributed by atoms with Crippen LogP contribution in [0.3, 0.4) is 0 Å². The Labute approximate surface area is 262 Å². The van der Waals surface area contributed by atoms with Crippen molar-refractivity contribution in [2.75, 3.05) is 5.75 Å². The van der Waals surface area contributed by atoms with Crippen molar-refractivity contribution in [2.45, 2.75) is 91.6 Å². The number of thiol groups is 1. The predicted molar refractivity (Wildman–Crippen MR) is 173 cm³/mol. The van der Waals surface area contributed by atoms with Gasteiger partial charge in [-0.05, 0) is 97.8 Å². The van der Waals surface area contributed by atoms with Crippen LogP contribution >= 0.6 is 12.6 Å². The lowest BCUT2D eigenvalue weighted by Gasteiger charge is -2.17. The van der Waals surface area contributed by atoms with Crippen LogP contribution in [0.1, 0.15) is 80.1 Å². The number of carboxylic acids is 2. The Morgan fingerprint density at radius 3 is 2.16 bits per heavy atom. The van der Waals surface area contributed by atoms with E-state index in [1.807, 2.05) is 39.8 Å². The molecule has 10 nitrogen and oxygen atoms in total. The monoisotopic (exact) mass is 624 g/mol. The highest BCUT2D eigenvalue weighted by molar-refractivity contribution is 7.80. The zero-order valence-electron chi connectivity index (χ0n) is 26.1. The first-order valence-electron chi connectivity index (χ1n) is 15.2. The Kier molecular flexibility index (Phi) is 10.4. The molecule has 3 atom stereocenters. The van der Waals surface area contributed by atoms with Crippen molar-refractivity contribution < 1.29 is 29.7 Å². The van der Waals surface area contributed by atoms with E-state index in [0.717, 1.165) is 61.9 Å². The second-order valence-corrected chi connectivity index (χ2v) is 12.3. The molecule has 238 valence electrons. The van der Waals surface area contributed by atoms with E-state index in [9.17, 15) is 29.7 Å². The molecule has 0 spiro atoms. The summed E-state index contributed by atoms with van der Waals surface area (Å²) in [4.78, 5) is 42.6. The maximum Gasteiger partial charge on any atom is 0.303 e. The number of hydrogen-bond donors (Lipinski definition) is 8. The molecule has 2 aromatic rings. The van der Waals surface area contributed by atoms with Crippen molar-refractivity contribution in [1.82, 2.24) is 20.6 Å². The smallest absolute Gasteiger partial charge is 0.303 e. The summed E-state index contributed by atoms with van der Waals surface area (Å²) < 4.78 is 0. The molecule has 2 aliphatic rings. The fourth-order valence-electron chi connectivity index (χ4n) is 6.54. The van der Waals surface area contributed by atoms with Crippen LogP contribution in [-0.2, 0) is 33.6 Å². The normalized spacial score (nSPS) is 21.0. The highest BCUT2D eigenvalue weighted by Crippen LogP contribution is 2.31. The average molecular weight is 625 g/mol. The lowest BCUT2D eigenvalue weighted by atomic mass is 9.91. The maximum absolute atomic E-state index is 12.5. The first-order chi connectivity index (χ1) is 20.9. The zero-order chi connectivity index (χ0) is 32.3. The van der Waals surface area contributed by atoms with Crippen LogP contribution in [0.4, 0.5) is 0 Å². The van der Waals surface area contributed by atoms with Gasteiger partial charge in [-0.2, -0.15) is 12.6 Å². The minimum atomic E-state index is -0.901. The molecule has 0 bridgehead atoms. The van der Waals surface area contributed by atoms with Gasteiger partial charge in [-0.15, -0.1) is 0 Å². The fraction of sp³-hybridized carbons (Fsp3) is 0.485. The number of H-pyrrole nitrogens is 2. The third kappa shape index (κ3) is 6.93. The van der Waals surface area contributed by atoms with Gasteiger partial charge < -0.3 is 35.9 Å². The highest BCUT2D eigenvalue weighted by Gasteiger charge is 2.31. The lowest BCUT2D eigenvalue weighted by Crippen LogP contribution is -2.30. The molecule has 2 aliphatic heterocycles. The number of aromatic amines is 2. The van der Waals surface area contributed by atoms with E-state index < -0.39 is 11.9 Å². The van der Waals surface area contributed by atoms with Gasteiger partial charge in [0.05, 0.1) is 6.04 Å². The van der Waals surface area contributed by atoms with E-state index in [1.165, 1.54) is 0 Å². The number of aromatic nitrogens is 2. The molecule has 11 heteroatoms. The molecule has 0 saturated carbocycles. The summed E-state index contributed by atoms with van der Waals surface area (Å²) in [6.07, 6.45) is 6.50. The number of nitrogens with one attached hydrogen (secondary N) is 4. The summed E-state index contributed by atoms with van der Waals surface area (Å²) in [7, 11) is 0. The molecule has 0 aromatic carbocycles. The van der Waals surface area contributed by atoms with Crippen molar-refractivity contribution in [3.8, 4) is 0 Å². The van der Waals surface area contributed by atoms with Gasteiger partial charge in [0.25, 0.3) is 0 Å². The zero-order valence-corrected chi connectivity index (χ0v) is 27.0. The summed E-state index contributed by atoms with van der Waals surface area (Å²) in [6.45, 7) is 9.85. The Hall–Kier alpha value is -3.86. The number of carbonyl (C=O) groups is 3. The van der Waals surface area contributed by atoms with E-state index in [-0.39, 0.29) is 42.6 Å². The van der Waals surface area contributed by atoms with Crippen LogP contribution in [0.5, 0.6) is 0 Å². The summed E-state index contributed by atoms with van der Waals surface area (Å²) in [6, 6.07) is -0.302. The summed E-state index contributed by atoms with van der Waals surface area (Å²) >= 11 is 4.37. The van der Waals surface area contributed by atoms with Gasteiger partial charge in [0.1, 0.15) is 0 Å². The van der Waals surface area contributed by atoms with Crippen LogP contribution in [0.25, 0.3) is 12.2 Å². The standard InChI is InChI=1S/C33H44N4O6S/c1-6-20-16(2)26(36-33(20)43)13-24-17(3)21(7-9-30(38)39)27(34-24)15-28-22(8-10-31(40)41)18(4)25(35-28)14-29-23(11-12-44)19(5)32(42)37-29/h14-16,26,29,34-36,43-44H,6-13H2,1-5H3,(H,37,42)(H,38,39)(H,40,41)/b25-14-,28-15-/t16?,26-,29+/m1/s1. The molecule has 0 aliphatic carbocycles. The van der Waals surface area contributed by atoms with Crippen LogP contribution in [0.15, 0.2) is 22.6 Å². The number of carbonyl (C=O) groups excluding carboxylic acids is 1. The topological polar surface area (TPSA) is 168 Å². The summed E-state index contributed by atoms with van der Waals surface area (Å²) in [5.74, 6) is -0.909. The number of hydrogen-bond acceptors (Lipinski definition) is 6. The highest BCUT2D eigenvalue weighted by atomic mass is 32.1. The third-order valence-corrected chi connectivity index (χ3v) is 9.44. The van der Waals surface area contributed by atoms with Crippen molar-refractivity contribution >= 4 is 42.6 Å². The van der Waals surface area contributed by atoms with E-state index in [1.54, 1.807) is 0 Å². The Bertz CT molecular complexity index is 1650. The van der Waals surface area contributed by atoms with Crippen LogP contribution in [-0.4, -0.2) is 61.0 Å². The molecule has 0 radical (unpaired) electrons. The number of carboxylic acid groups (broad SMARTS) is 2. The van der Waals surface area contributed by atoms with Crippen LogP contribution < -0.4 is 21.3 Å². The minimum Gasteiger partial charge on any atom is -0.495 e. The van der Waals surface area contributed by atoms with Gasteiger partial charge in [-0.25, -0.2) is 0 Å². The van der Waals surface area contributed by atoms with E-state index >= 15 is 0 Å². The molecule has 7 N–H and O–H groups in total. The van der Waals surface area contributed by atoms with Crippen molar-refractivity contribution in [2.24, 2.45) is 5.92 Å². The molecule has 0 fully saturated rings. The van der Waals surface area contributed by atoms with Gasteiger partial charge in [0.15, 0.2) is 5.88 Å². The van der Waals surface area contributed by atoms with E-state index in [2.05, 4.69) is 40.2 Å². The Morgan fingerprint density at radius 2 is 1.57 bits per heavy atom. The molecule has 4 heterocycles. The number of aliphatic carboxylic acids is 2.